The summed E-state index contributed by atoms with van der Waals surface area (Å²) in [6.07, 6.45) is 6.53. The van der Waals surface area contributed by atoms with Crippen molar-refractivity contribution in [1.82, 2.24) is 14.9 Å². The van der Waals surface area contributed by atoms with Crippen molar-refractivity contribution in [2.75, 3.05) is 25.0 Å². The van der Waals surface area contributed by atoms with Gasteiger partial charge in [-0.15, -0.1) is 0 Å². The molecule has 0 aromatic carbocycles. The molecule has 20 heavy (non-hydrogen) atoms. The SMILES string of the molecule is CN(C1CC1)[C@@H]1CCN(c2cnc(C(=O)[O-])cn2)C1.[Li+]. The molecule has 0 spiro atoms. The van der Waals surface area contributed by atoms with Gasteiger partial charge in [0.15, 0.2) is 0 Å². The molecular weight excluding hydrogens is 251 g/mol. The van der Waals surface area contributed by atoms with Crippen LogP contribution in [0.3, 0.4) is 0 Å². The summed E-state index contributed by atoms with van der Waals surface area (Å²) in [6, 6.07) is 1.33. The van der Waals surface area contributed by atoms with Crippen LogP contribution in [0.15, 0.2) is 12.4 Å². The molecule has 7 heteroatoms. The van der Waals surface area contributed by atoms with Gasteiger partial charge in [-0.1, -0.05) is 0 Å². The first-order valence-corrected chi connectivity index (χ1v) is 6.65. The summed E-state index contributed by atoms with van der Waals surface area (Å²) < 4.78 is 0. The van der Waals surface area contributed by atoms with Crippen LogP contribution in [0.4, 0.5) is 5.82 Å². The number of carboxylic acids is 1. The molecule has 3 rings (SSSR count). The normalized spacial score (nSPS) is 21.9. The second-order valence-electron chi connectivity index (χ2n) is 5.33. The fourth-order valence-electron chi connectivity index (χ4n) is 2.65. The quantitative estimate of drug-likeness (QED) is 0.528. The van der Waals surface area contributed by atoms with Gasteiger partial charge in [0.2, 0.25) is 0 Å². The maximum absolute atomic E-state index is 10.6. The first-order valence-electron chi connectivity index (χ1n) is 6.65. The van der Waals surface area contributed by atoms with E-state index in [9.17, 15) is 9.90 Å². The van der Waals surface area contributed by atoms with Crippen molar-refractivity contribution in [2.45, 2.75) is 31.3 Å². The van der Waals surface area contributed by atoms with E-state index in [0.29, 0.717) is 6.04 Å². The first-order chi connectivity index (χ1) is 9.15. The van der Waals surface area contributed by atoms with Crippen molar-refractivity contribution in [3.8, 4) is 0 Å². The summed E-state index contributed by atoms with van der Waals surface area (Å²) in [6.45, 7) is 1.88. The molecule has 1 atom stereocenters. The van der Waals surface area contributed by atoms with Crippen molar-refractivity contribution in [2.24, 2.45) is 0 Å². The van der Waals surface area contributed by atoms with Crippen LogP contribution in [0.25, 0.3) is 0 Å². The molecular formula is C13H17LiN4O2. The molecule has 2 heterocycles. The molecule has 0 N–H and O–H groups in total. The van der Waals surface area contributed by atoms with Crippen LogP contribution in [-0.4, -0.2) is 53.1 Å². The fraction of sp³-hybridized carbons (Fsp3) is 0.615. The molecule has 0 bridgehead atoms. The Morgan fingerprint density at radius 3 is 2.60 bits per heavy atom. The van der Waals surface area contributed by atoms with Crippen LogP contribution in [0.5, 0.6) is 0 Å². The zero-order valence-corrected chi connectivity index (χ0v) is 12.0. The maximum atomic E-state index is 10.6. The van der Waals surface area contributed by atoms with Crippen LogP contribution in [0.1, 0.15) is 29.8 Å². The van der Waals surface area contributed by atoms with E-state index >= 15 is 0 Å². The second-order valence-corrected chi connectivity index (χ2v) is 5.33. The van der Waals surface area contributed by atoms with Crippen molar-refractivity contribution >= 4 is 11.8 Å². The molecule has 1 aliphatic heterocycles. The minimum atomic E-state index is -1.29. The Balaban J connectivity index is 0.00000147. The summed E-state index contributed by atoms with van der Waals surface area (Å²) in [5, 5.41) is 10.6. The van der Waals surface area contributed by atoms with Gasteiger partial charge >= 0.3 is 18.9 Å². The molecule has 2 aliphatic rings. The molecule has 1 aromatic rings. The number of likely N-dealkylation sites (N-methyl/N-ethyl adjacent to an activating group) is 1. The topological polar surface area (TPSA) is 72.4 Å². The van der Waals surface area contributed by atoms with Crippen molar-refractivity contribution in [3.05, 3.63) is 18.1 Å². The Kier molecular flexibility index (Phi) is 4.69. The summed E-state index contributed by atoms with van der Waals surface area (Å²) in [5.74, 6) is -0.538. The van der Waals surface area contributed by atoms with Gasteiger partial charge < -0.3 is 14.8 Å². The Morgan fingerprint density at radius 2 is 2.05 bits per heavy atom. The van der Waals surface area contributed by atoms with Crippen molar-refractivity contribution in [3.63, 3.8) is 0 Å². The largest absolute Gasteiger partial charge is 1.00 e. The predicted molar refractivity (Wildman–Crippen MR) is 67.8 cm³/mol. The maximum Gasteiger partial charge on any atom is 1.00 e. The van der Waals surface area contributed by atoms with E-state index in [1.807, 2.05) is 0 Å². The van der Waals surface area contributed by atoms with Gasteiger partial charge in [0.05, 0.1) is 18.4 Å². The Morgan fingerprint density at radius 1 is 1.30 bits per heavy atom. The van der Waals surface area contributed by atoms with Gasteiger partial charge in [0, 0.05) is 25.2 Å². The molecule has 0 amide bonds. The fourth-order valence-corrected chi connectivity index (χ4v) is 2.65. The van der Waals surface area contributed by atoms with Gasteiger partial charge in [0.1, 0.15) is 11.5 Å². The predicted octanol–water partition coefficient (Wildman–Crippen LogP) is -3.48. The zero-order chi connectivity index (χ0) is 13.4. The number of rotatable bonds is 4. The molecule has 0 unspecified atom stereocenters. The molecule has 1 saturated carbocycles. The molecule has 102 valence electrons. The monoisotopic (exact) mass is 268 g/mol. The molecule has 1 aliphatic carbocycles. The van der Waals surface area contributed by atoms with Crippen LogP contribution in [-0.2, 0) is 0 Å². The zero-order valence-electron chi connectivity index (χ0n) is 12.0. The summed E-state index contributed by atoms with van der Waals surface area (Å²) in [7, 11) is 2.19. The summed E-state index contributed by atoms with van der Waals surface area (Å²) in [5.41, 5.74) is -0.116. The molecule has 2 fully saturated rings. The number of hydrogen-bond acceptors (Lipinski definition) is 6. The number of carboxylic acid groups (broad SMARTS) is 1. The van der Waals surface area contributed by atoms with E-state index < -0.39 is 5.97 Å². The number of carbonyl (C=O) groups excluding carboxylic acids is 1. The number of carbonyl (C=O) groups is 1. The molecule has 6 nitrogen and oxygen atoms in total. The summed E-state index contributed by atoms with van der Waals surface area (Å²) >= 11 is 0. The van der Waals surface area contributed by atoms with Crippen LogP contribution in [0, 0.1) is 0 Å². The van der Waals surface area contributed by atoms with Gasteiger partial charge in [-0.3, -0.25) is 4.90 Å². The Bertz CT molecular complexity index is 478. The van der Waals surface area contributed by atoms with E-state index in [0.717, 1.165) is 31.4 Å². The van der Waals surface area contributed by atoms with E-state index in [4.69, 9.17) is 0 Å². The van der Waals surface area contributed by atoms with E-state index in [-0.39, 0.29) is 24.6 Å². The van der Waals surface area contributed by atoms with Crippen LogP contribution < -0.4 is 28.9 Å². The second kappa shape index (κ2) is 6.13. The first kappa shape index (κ1) is 15.3. The number of anilines is 1. The smallest absolute Gasteiger partial charge is 0.543 e. The third-order valence-corrected chi connectivity index (χ3v) is 4.03. The van der Waals surface area contributed by atoms with E-state index in [1.54, 1.807) is 0 Å². The Labute approximate surface area is 130 Å². The summed E-state index contributed by atoms with van der Waals surface area (Å²) in [4.78, 5) is 23.3. The van der Waals surface area contributed by atoms with E-state index in [2.05, 4.69) is 26.8 Å². The number of aromatic carboxylic acids is 1. The van der Waals surface area contributed by atoms with Gasteiger partial charge in [-0.25, -0.2) is 9.97 Å². The minimum absolute atomic E-state index is 0. The average Bonchev–Trinajstić information content (AvgIpc) is 3.15. The van der Waals surface area contributed by atoms with E-state index in [1.165, 1.54) is 25.2 Å². The van der Waals surface area contributed by atoms with Crippen molar-refractivity contribution < 1.29 is 28.8 Å². The van der Waals surface area contributed by atoms with Crippen LogP contribution >= 0.6 is 0 Å². The third-order valence-electron chi connectivity index (χ3n) is 4.03. The standard InChI is InChI=1S/C13H18N4O2.Li/c1-16(9-2-3-9)10-4-5-17(8-10)12-7-14-11(6-15-12)13(18)19;/h6-7,9-10H,2-5,8H2,1H3,(H,18,19);/q;+1/p-1/t10-;/m1./s1. The number of hydrogen-bond donors (Lipinski definition) is 0. The van der Waals surface area contributed by atoms with Gasteiger partial charge in [-0.05, 0) is 26.3 Å². The van der Waals surface area contributed by atoms with Gasteiger partial charge in [0.25, 0.3) is 0 Å². The van der Waals surface area contributed by atoms with Gasteiger partial charge in [-0.2, -0.15) is 0 Å². The third kappa shape index (κ3) is 3.14. The van der Waals surface area contributed by atoms with Crippen LogP contribution in [0.2, 0.25) is 0 Å². The molecule has 0 radical (unpaired) electrons. The average molecular weight is 268 g/mol. The Hall–Kier alpha value is -1.09. The minimum Gasteiger partial charge on any atom is -0.543 e. The molecule has 1 aromatic heterocycles. The number of nitrogens with zero attached hydrogens (tertiary/aromatic N) is 4. The number of aromatic nitrogens is 2. The molecule has 1 saturated heterocycles. The van der Waals surface area contributed by atoms with Crippen molar-refractivity contribution in [1.29, 1.82) is 0 Å².